The third kappa shape index (κ3) is 2.40. The van der Waals surface area contributed by atoms with Gasteiger partial charge in [0.05, 0.1) is 19.8 Å². The van der Waals surface area contributed by atoms with E-state index in [2.05, 4.69) is 4.57 Å². The molecule has 0 aliphatic heterocycles. The molecule has 1 N–H and O–H groups in total. The van der Waals surface area contributed by atoms with Crippen LogP contribution in [0.25, 0.3) is 10.9 Å². The maximum atomic E-state index is 10.3. The van der Waals surface area contributed by atoms with E-state index in [0.29, 0.717) is 6.54 Å². The molecule has 3 aromatic rings. The fourth-order valence-electron chi connectivity index (χ4n) is 2.43. The lowest BCUT2D eigenvalue weighted by Gasteiger charge is -2.13. The first-order chi connectivity index (χ1) is 9.78. The van der Waals surface area contributed by atoms with E-state index in [0.717, 1.165) is 22.2 Å². The van der Waals surface area contributed by atoms with Crippen LogP contribution < -0.4 is 4.74 Å². The van der Waals surface area contributed by atoms with Gasteiger partial charge in [-0.1, -0.05) is 30.3 Å². The normalized spacial score (nSPS) is 12.5. The highest BCUT2D eigenvalue weighted by atomic mass is 16.5. The third-order valence-electron chi connectivity index (χ3n) is 3.53. The van der Waals surface area contributed by atoms with Crippen molar-refractivity contribution in [1.82, 2.24) is 4.57 Å². The Hall–Kier alpha value is -2.26. The summed E-state index contributed by atoms with van der Waals surface area (Å²) in [5, 5.41) is 11.4. The van der Waals surface area contributed by atoms with Crippen LogP contribution in [0.15, 0.2) is 60.8 Å². The minimum atomic E-state index is -0.506. The third-order valence-corrected chi connectivity index (χ3v) is 3.53. The molecule has 20 heavy (non-hydrogen) atoms. The molecular formula is C17H17NO2. The second-order valence-corrected chi connectivity index (χ2v) is 4.82. The standard InChI is InChI=1S/C17H17NO2/c1-20-15-7-8-16-14(11-15)9-10-18(16)12-17(19)13-5-3-2-4-6-13/h2-11,17,19H,12H2,1H3/t17-/m1/s1. The number of hydrogen-bond donors (Lipinski definition) is 1. The first-order valence-electron chi connectivity index (χ1n) is 6.64. The van der Waals surface area contributed by atoms with Crippen molar-refractivity contribution in [2.75, 3.05) is 7.11 Å². The van der Waals surface area contributed by atoms with Crippen LogP contribution in [0.4, 0.5) is 0 Å². The molecule has 3 nitrogen and oxygen atoms in total. The number of aliphatic hydroxyl groups is 1. The van der Waals surface area contributed by atoms with Gasteiger partial charge in [-0.2, -0.15) is 0 Å². The van der Waals surface area contributed by atoms with Crippen LogP contribution in [0.1, 0.15) is 11.7 Å². The summed E-state index contributed by atoms with van der Waals surface area (Å²) >= 11 is 0. The van der Waals surface area contributed by atoms with E-state index in [1.54, 1.807) is 7.11 Å². The molecular weight excluding hydrogens is 250 g/mol. The largest absolute Gasteiger partial charge is 0.497 e. The second-order valence-electron chi connectivity index (χ2n) is 4.82. The Labute approximate surface area is 118 Å². The van der Waals surface area contributed by atoms with E-state index >= 15 is 0 Å². The maximum Gasteiger partial charge on any atom is 0.119 e. The van der Waals surface area contributed by atoms with E-state index in [4.69, 9.17) is 4.74 Å². The Kier molecular flexibility index (Phi) is 3.44. The fourth-order valence-corrected chi connectivity index (χ4v) is 2.43. The molecule has 0 radical (unpaired) electrons. The molecule has 3 rings (SSSR count). The molecule has 1 atom stereocenters. The molecule has 0 fully saturated rings. The second kappa shape index (κ2) is 5.39. The monoisotopic (exact) mass is 267 g/mol. The summed E-state index contributed by atoms with van der Waals surface area (Å²) in [4.78, 5) is 0. The van der Waals surface area contributed by atoms with Crippen molar-refractivity contribution in [2.45, 2.75) is 12.6 Å². The van der Waals surface area contributed by atoms with Gasteiger partial charge in [0, 0.05) is 17.1 Å². The topological polar surface area (TPSA) is 34.4 Å². The Balaban J connectivity index is 1.88. The summed E-state index contributed by atoms with van der Waals surface area (Å²) in [6, 6.07) is 17.7. The van der Waals surface area contributed by atoms with Gasteiger partial charge in [0.25, 0.3) is 0 Å². The first-order valence-corrected chi connectivity index (χ1v) is 6.64. The minimum Gasteiger partial charge on any atom is -0.497 e. The van der Waals surface area contributed by atoms with Crippen molar-refractivity contribution >= 4 is 10.9 Å². The van der Waals surface area contributed by atoms with Crippen molar-refractivity contribution in [1.29, 1.82) is 0 Å². The number of fused-ring (bicyclic) bond motifs is 1. The maximum absolute atomic E-state index is 10.3. The molecule has 0 amide bonds. The minimum absolute atomic E-state index is 0.506. The van der Waals surface area contributed by atoms with Crippen LogP contribution >= 0.6 is 0 Å². The molecule has 0 aliphatic carbocycles. The van der Waals surface area contributed by atoms with Crippen molar-refractivity contribution in [2.24, 2.45) is 0 Å². The van der Waals surface area contributed by atoms with Crippen molar-refractivity contribution in [3.05, 3.63) is 66.4 Å². The van der Waals surface area contributed by atoms with Gasteiger partial charge in [-0.25, -0.2) is 0 Å². The molecule has 0 saturated carbocycles. The average Bonchev–Trinajstić information content (AvgIpc) is 2.90. The fraction of sp³-hybridized carbons (Fsp3) is 0.176. The molecule has 1 aromatic heterocycles. The van der Waals surface area contributed by atoms with Crippen molar-refractivity contribution in [3.63, 3.8) is 0 Å². The summed E-state index contributed by atoms with van der Waals surface area (Å²) in [5.41, 5.74) is 2.03. The molecule has 1 heterocycles. The van der Waals surface area contributed by atoms with Crippen LogP contribution in [0.3, 0.4) is 0 Å². The van der Waals surface area contributed by atoms with Crippen molar-refractivity contribution < 1.29 is 9.84 Å². The molecule has 0 aliphatic rings. The van der Waals surface area contributed by atoms with Crippen LogP contribution in [0, 0.1) is 0 Å². The zero-order valence-corrected chi connectivity index (χ0v) is 11.4. The number of methoxy groups -OCH3 is 1. The zero-order chi connectivity index (χ0) is 13.9. The van der Waals surface area contributed by atoms with Gasteiger partial charge in [-0.15, -0.1) is 0 Å². The van der Waals surface area contributed by atoms with E-state index in [1.807, 2.05) is 60.8 Å². The molecule has 0 spiro atoms. The highest BCUT2D eigenvalue weighted by molar-refractivity contribution is 5.81. The highest BCUT2D eigenvalue weighted by Gasteiger charge is 2.10. The summed E-state index contributed by atoms with van der Waals surface area (Å²) in [6.45, 7) is 0.542. The number of rotatable bonds is 4. The summed E-state index contributed by atoms with van der Waals surface area (Å²) in [7, 11) is 1.66. The predicted octanol–water partition coefficient (Wildman–Crippen LogP) is 3.38. The average molecular weight is 267 g/mol. The Morgan fingerprint density at radius 3 is 2.65 bits per heavy atom. The van der Waals surface area contributed by atoms with Gasteiger partial charge in [0.2, 0.25) is 0 Å². The van der Waals surface area contributed by atoms with E-state index < -0.39 is 6.10 Å². The summed E-state index contributed by atoms with van der Waals surface area (Å²) < 4.78 is 7.29. The predicted molar refractivity (Wildman–Crippen MR) is 79.9 cm³/mol. The lowest BCUT2D eigenvalue weighted by molar-refractivity contribution is 0.158. The lowest BCUT2D eigenvalue weighted by Crippen LogP contribution is -2.07. The number of ether oxygens (including phenoxy) is 1. The molecule has 0 saturated heterocycles. The van der Waals surface area contributed by atoms with Crippen LogP contribution in [-0.4, -0.2) is 16.8 Å². The summed E-state index contributed by atoms with van der Waals surface area (Å²) in [5.74, 6) is 0.846. The van der Waals surface area contributed by atoms with Crippen LogP contribution in [0.5, 0.6) is 5.75 Å². The van der Waals surface area contributed by atoms with Gasteiger partial charge in [-0.05, 0) is 29.8 Å². The SMILES string of the molecule is COc1ccc2c(ccn2C[C@@H](O)c2ccccc2)c1. The van der Waals surface area contributed by atoms with Crippen LogP contribution in [0.2, 0.25) is 0 Å². The first kappa shape index (κ1) is 12.8. The van der Waals surface area contributed by atoms with E-state index in [1.165, 1.54) is 0 Å². The van der Waals surface area contributed by atoms with Gasteiger partial charge in [0.15, 0.2) is 0 Å². The molecule has 2 aromatic carbocycles. The zero-order valence-electron chi connectivity index (χ0n) is 11.4. The molecule has 3 heteroatoms. The Morgan fingerprint density at radius 1 is 1.10 bits per heavy atom. The van der Waals surface area contributed by atoms with Crippen molar-refractivity contribution in [3.8, 4) is 5.75 Å². The molecule has 0 unspecified atom stereocenters. The number of benzene rings is 2. The Morgan fingerprint density at radius 2 is 1.90 bits per heavy atom. The van der Waals surface area contributed by atoms with E-state index in [9.17, 15) is 5.11 Å². The number of aromatic nitrogens is 1. The smallest absolute Gasteiger partial charge is 0.119 e. The van der Waals surface area contributed by atoms with Crippen LogP contribution in [-0.2, 0) is 6.54 Å². The number of aliphatic hydroxyl groups excluding tert-OH is 1. The van der Waals surface area contributed by atoms with Gasteiger partial charge in [0.1, 0.15) is 5.75 Å². The van der Waals surface area contributed by atoms with Gasteiger partial charge in [-0.3, -0.25) is 0 Å². The molecule has 102 valence electrons. The Bertz CT molecular complexity index is 703. The number of nitrogens with zero attached hydrogens (tertiary/aromatic N) is 1. The van der Waals surface area contributed by atoms with Gasteiger partial charge < -0.3 is 14.4 Å². The van der Waals surface area contributed by atoms with Gasteiger partial charge >= 0.3 is 0 Å². The summed E-state index contributed by atoms with van der Waals surface area (Å²) in [6.07, 6.45) is 1.49. The quantitative estimate of drug-likeness (QED) is 0.786. The number of hydrogen-bond acceptors (Lipinski definition) is 2. The molecule has 0 bridgehead atoms. The lowest BCUT2D eigenvalue weighted by atomic mass is 10.1. The highest BCUT2D eigenvalue weighted by Crippen LogP contribution is 2.24. The van der Waals surface area contributed by atoms with E-state index in [-0.39, 0.29) is 0 Å².